The first-order valence-corrected chi connectivity index (χ1v) is 9.77. The number of nitrogens with zero attached hydrogens (tertiary/aromatic N) is 3. The van der Waals surface area contributed by atoms with Gasteiger partial charge in [-0.25, -0.2) is 0 Å². The Morgan fingerprint density at radius 3 is 1.79 bits per heavy atom. The highest BCUT2D eigenvalue weighted by Crippen LogP contribution is 2.36. The van der Waals surface area contributed by atoms with Gasteiger partial charge in [-0.05, 0) is 64.6 Å². The third kappa shape index (κ3) is 3.76. The van der Waals surface area contributed by atoms with E-state index < -0.39 is 0 Å². The lowest BCUT2D eigenvalue weighted by molar-refractivity contribution is 0.299. The zero-order valence-corrected chi connectivity index (χ0v) is 18.0. The van der Waals surface area contributed by atoms with E-state index in [0.29, 0.717) is 12.1 Å². The third-order valence-electron chi connectivity index (χ3n) is 5.09. The Balaban J connectivity index is 2.24. The lowest BCUT2D eigenvalue weighted by Gasteiger charge is -2.29. The molecule has 0 amide bonds. The van der Waals surface area contributed by atoms with Crippen molar-refractivity contribution < 1.29 is 10.2 Å². The number of rotatable bonds is 3. The summed E-state index contributed by atoms with van der Waals surface area (Å²) in [7, 11) is 0. The monoisotopic (exact) mass is 381 g/mol. The van der Waals surface area contributed by atoms with Crippen LogP contribution in [-0.4, -0.2) is 31.8 Å². The molecule has 150 valence electrons. The number of hydrogen-bond donors (Lipinski definition) is 2. The fourth-order valence-corrected chi connectivity index (χ4v) is 3.57. The molecule has 1 heterocycles. The normalized spacial score (nSPS) is 12.7. The zero-order chi connectivity index (χ0) is 20.9. The van der Waals surface area contributed by atoms with Crippen molar-refractivity contribution in [3.05, 3.63) is 46.5 Å². The summed E-state index contributed by atoms with van der Waals surface area (Å²) >= 11 is 0. The fourth-order valence-electron chi connectivity index (χ4n) is 3.57. The predicted molar refractivity (Wildman–Crippen MR) is 113 cm³/mol. The molecule has 0 aliphatic rings. The molecule has 0 fully saturated rings. The van der Waals surface area contributed by atoms with Gasteiger partial charge in [0.25, 0.3) is 0 Å². The minimum atomic E-state index is -0.0135. The molecule has 0 saturated heterocycles. The van der Waals surface area contributed by atoms with Crippen molar-refractivity contribution >= 4 is 11.0 Å². The minimum Gasteiger partial charge on any atom is -0.505 e. The van der Waals surface area contributed by atoms with Crippen LogP contribution in [0.15, 0.2) is 24.3 Å². The van der Waals surface area contributed by atoms with E-state index in [1.54, 1.807) is 0 Å². The average molecular weight is 382 g/mol. The number of fused-ring (bicyclic) bond motifs is 1. The second-order valence-electron chi connectivity index (χ2n) is 9.63. The quantitative estimate of drug-likeness (QED) is 0.697. The van der Waals surface area contributed by atoms with Crippen LogP contribution in [0.4, 0.5) is 0 Å². The number of benzene rings is 2. The standard InChI is InChI=1S/C23H31N3O2/c1-14-10-15(8-9-27)11-20(21(14)28)26-24-18-12-16(22(2,3)4)17(23(5,6)7)13-19(18)25-26/h10-13,27-28H,8-9H2,1-7H3. The van der Waals surface area contributed by atoms with Crippen LogP contribution in [0.5, 0.6) is 5.75 Å². The van der Waals surface area contributed by atoms with Crippen molar-refractivity contribution in [1.29, 1.82) is 0 Å². The zero-order valence-electron chi connectivity index (χ0n) is 18.0. The Hall–Kier alpha value is -2.40. The smallest absolute Gasteiger partial charge is 0.146 e. The maximum atomic E-state index is 10.6. The lowest BCUT2D eigenvalue weighted by atomic mass is 9.75. The van der Waals surface area contributed by atoms with Crippen molar-refractivity contribution in [3.63, 3.8) is 0 Å². The molecule has 2 N–H and O–H groups in total. The summed E-state index contributed by atoms with van der Waals surface area (Å²) in [5, 5.41) is 29.2. The summed E-state index contributed by atoms with van der Waals surface area (Å²) in [6.45, 7) is 15.2. The molecule has 0 unspecified atom stereocenters. The Morgan fingerprint density at radius 1 is 0.857 bits per heavy atom. The molecule has 0 saturated carbocycles. The second kappa shape index (κ2) is 6.89. The molecule has 5 heteroatoms. The maximum absolute atomic E-state index is 10.6. The summed E-state index contributed by atoms with van der Waals surface area (Å²) < 4.78 is 0. The molecule has 0 aliphatic carbocycles. The summed E-state index contributed by atoms with van der Waals surface area (Å²) in [6.07, 6.45) is 0.525. The molecule has 0 radical (unpaired) electrons. The first-order chi connectivity index (χ1) is 12.9. The van der Waals surface area contributed by atoms with Gasteiger partial charge in [-0.15, -0.1) is 15.0 Å². The number of aromatic nitrogens is 3. The molecule has 3 aromatic rings. The van der Waals surface area contributed by atoms with E-state index in [0.717, 1.165) is 22.2 Å². The Kier molecular flexibility index (Phi) is 5.00. The van der Waals surface area contributed by atoms with E-state index in [1.807, 2.05) is 19.1 Å². The van der Waals surface area contributed by atoms with E-state index in [1.165, 1.54) is 15.9 Å². The second-order valence-corrected chi connectivity index (χ2v) is 9.63. The molecule has 5 nitrogen and oxygen atoms in total. The van der Waals surface area contributed by atoms with Gasteiger partial charge in [-0.1, -0.05) is 47.6 Å². The average Bonchev–Trinajstić information content (AvgIpc) is 2.98. The van der Waals surface area contributed by atoms with Gasteiger partial charge < -0.3 is 10.2 Å². The molecule has 28 heavy (non-hydrogen) atoms. The SMILES string of the molecule is Cc1cc(CCO)cc(-n2nc3cc(C(C)(C)C)c(C(C)(C)C)cc3n2)c1O. The van der Waals surface area contributed by atoms with Crippen LogP contribution in [0.25, 0.3) is 16.7 Å². The van der Waals surface area contributed by atoms with Gasteiger partial charge >= 0.3 is 0 Å². The van der Waals surface area contributed by atoms with Gasteiger partial charge in [0.2, 0.25) is 0 Å². The third-order valence-corrected chi connectivity index (χ3v) is 5.09. The molecule has 2 aromatic carbocycles. The molecule has 0 bridgehead atoms. The largest absolute Gasteiger partial charge is 0.505 e. The summed E-state index contributed by atoms with van der Waals surface area (Å²) in [5.74, 6) is 0.161. The van der Waals surface area contributed by atoms with Crippen LogP contribution in [-0.2, 0) is 17.3 Å². The Labute approximate surface area is 167 Å². The summed E-state index contributed by atoms with van der Waals surface area (Å²) in [4.78, 5) is 1.51. The number of aliphatic hydroxyl groups is 1. The van der Waals surface area contributed by atoms with E-state index in [4.69, 9.17) is 0 Å². The van der Waals surface area contributed by atoms with E-state index in [-0.39, 0.29) is 23.2 Å². The van der Waals surface area contributed by atoms with Crippen molar-refractivity contribution in [2.24, 2.45) is 0 Å². The topological polar surface area (TPSA) is 71.2 Å². The van der Waals surface area contributed by atoms with Crippen molar-refractivity contribution in [3.8, 4) is 11.4 Å². The lowest BCUT2D eigenvalue weighted by Crippen LogP contribution is -2.21. The van der Waals surface area contributed by atoms with Crippen LogP contribution < -0.4 is 0 Å². The predicted octanol–water partition coefficient (Wildman–Crippen LogP) is 4.56. The van der Waals surface area contributed by atoms with Gasteiger partial charge in [0.05, 0.1) is 0 Å². The first-order valence-electron chi connectivity index (χ1n) is 9.77. The van der Waals surface area contributed by atoms with Crippen LogP contribution in [0.1, 0.15) is 63.8 Å². The summed E-state index contributed by atoms with van der Waals surface area (Å²) in [5.41, 5.74) is 6.33. The number of phenols is 1. The fraction of sp³-hybridized carbons (Fsp3) is 0.478. The van der Waals surface area contributed by atoms with Gasteiger partial charge in [-0.2, -0.15) is 0 Å². The van der Waals surface area contributed by atoms with Gasteiger partial charge in [0.1, 0.15) is 22.5 Å². The maximum Gasteiger partial charge on any atom is 0.146 e. The Morgan fingerprint density at radius 2 is 1.36 bits per heavy atom. The number of phenolic OH excluding ortho intramolecular Hbond substituents is 1. The minimum absolute atomic E-state index is 0.0135. The summed E-state index contributed by atoms with van der Waals surface area (Å²) in [6, 6.07) is 7.97. The van der Waals surface area contributed by atoms with Crippen molar-refractivity contribution in [2.45, 2.75) is 65.7 Å². The van der Waals surface area contributed by atoms with Crippen molar-refractivity contribution in [2.75, 3.05) is 6.61 Å². The van der Waals surface area contributed by atoms with Crippen LogP contribution in [0.3, 0.4) is 0 Å². The molecule has 0 aliphatic heterocycles. The highest BCUT2D eigenvalue weighted by molar-refractivity contribution is 5.77. The molecule has 0 spiro atoms. The number of aromatic hydroxyl groups is 1. The van der Waals surface area contributed by atoms with Crippen molar-refractivity contribution in [1.82, 2.24) is 15.0 Å². The van der Waals surface area contributed by atoms with E-state index in [2.05, 4.69) is 63.9 Å². The molecular weight excluding hydrogens is 350 g/mol. The van der Waals surface area contributed by atoms with Crippen LogP contribution >= 0.6 is 0 Å². The number of aliphatic hydroxyl groups excluding tert-OH is 1. The highest BCUT2D eigenvalue weighted by Gasteiger charge is 2.27. The number of hydrogen-bond acceptors (Lipinski definition) is 4. The van der Waals surface area contributed by atoms with Gasteiger partial charge in [0, 0.05) is 6.61 Å². The van der Waals surface area contributed by atoms with Crippen LogP contribution in [0.2, 0.25) is 0 Å². The Bertz CT molecular complexity index is 970. The van der Waals surface area contributed by atoms with E-state index in [9.17, 15) is 10.2 Å². The molecular formula is C23H31N3O2. The number of aryl methyl sites for hydroxylation is 1. The highest BCUT2D eigenvalue weighted by atomic mass is 16.3. The van der Waals surface area contributed by atoms with Crippen LogP contribution in [0, 0.1) is 6.92 Å². The molecule has 1 aromatic heterocycles. The first kappa shape index (κ1) is 20.3. The van der Waals surface area contributed by atoms with Gasteiger partial charge in [-0.3, -0.25) is 0 Å². The van der Waals surface area contributed by atoms with E-state index >= 15 is 0 Å². The van der Waals surface area contributed by atoms with Gasteiger partial charge in [0.15, 0.2) is 0 Å². The molecule has 3 rings (SSSR count). The molecule has 0 atom stereocenters.